The number of benzene rings is 2. The molecule has 0 radical (unpaired) electrons. The summed E-state index contributed by atoms with van der Waals surface area (Å²) in [6.07, 6.45) is 2.03. The quantitative estimate of drug-likeness (QED) is 0.312. The molecule has 0 atom stereocenters. The van der Waals surface area contributed by atoms with Crippen molar-refractivity contribution >= 4 is 11.1 Å². The van der Waals surface area contributed by atoms with E-state index in [1.54, 1.807) is 7.11 Å². The Hall–Kier alpha value is -4.31. The molecular weight excluding hydrogens is 436 g/mol. The SMILES string of the molecule is COc1ccc(-c2c(-c3ccccc3)oc3ncnc(OCCOCCc4nnn[nH]4)c23)cc1. The molecule has 0 aliphatic rings. The van der Waals surface area contributed by atoms with Crippen LogP contribution in [-0.4, -0.2) is 57.5 Å². The maximum atomic E-state index is 6.21. The van der Waals surface area contributed by atoms with Crippen molar-refractivity contribution in [3.63, 3.8) is 0 Å². The first-order valence-corrected chi connectivity index (χ1v) is 10.7. The lowest BCUT2D eigenvalue weighted by Crippen LogP contribution is -2.10. The summed E-state index contributed by atoms with van der Waals surface area (Å²) in [5.41, 5.74) is 3.18. The van der Waals surface area contributed by atoms with Crippen LogP contribution < -0.4 is 9.47 Å². The van der Waals surface area contributed by atoms with Crippen LogP contribution in [0.2, 0.25) is 0 Å². The number of nitrogens with zero attached hydrogens (tertiary/aromatic N) is 5. The maximum Gasteiger partial charge on any atom is 0.234 e. The highest BCUT2D eigenvalue weighted by Gasteiger charge is 2.23. The molecule has 1 N–H and O–H groups in total. The normalized spacial score (nSPS) is 11.1. The van der Waals surface area contributed by atoms with E-state index in [1.807, 2.05) is 54.6 Å². The molecule has 0 aliphatic carbocycles. The van der Waals surface area contributed by atoms with E-state index in [0.29, 0.717) is 54.8 Å². The number of hydrogen-bond acceptors (Lipinski definition) is 9. The zero-order chi connectivity index (χ0) is 23.2. The molecule has 0 saturated heterocycles. The number of aromatic nitrogens is 6. The van der Waals surface area contributed by atoms with Gasteiger partial charge < -0.3 is 18.6 Å². The second-order valence-electron chi connectivity index (χ2n) is 7.32. The molecule has 3 aromatic heterocycles. The maximum absolute atomic E-state index is 6.21. The van der Waals surface area contributed by atoms with Crippen LogP contribution >= 0.6 is 0 Å². The summed E-state index contributed by atoms with van der Waals surface area (Å²) in [5.74, 6) is 2.58. The average molecular weight is 458 g/mol. The smallest absolute Gasteiger partial charge is 0.234 e. The van der Waals surface area contributed by atoms with Crippen molar-refractivity contribution in [1.29, 1.82) is 0 Å². The number of ether oxygens (including phenoxy) is 3. The van der Waals surface area contributed by atoms with Crippen molar-refractivity contribution in [2.24, 2.45) is 0 Å². The fraction of sp³-hybridized carbons (Fsp3) is 0.208. The van der Waals surface area contributed by atoms with E-state index in [-0.39, 0.29) is 0 Å². The fourth-order valence-electron chi connectivity index (χ4n) is 3.60. The number of furan rings is 1. The molecular formula is C24H22N6O4. The topological polar surface area (TPSA) is 121 Å². The van der Waals surface area contributed by atoms with E-state index < -0.39 is 0 Å². The zero-order valence-corrected chi connectivity index (χ0v) is 18.5. The predicted octanol–water partition coefficient (Wildman–Crippen LogP) is 3.72. The molecule has 0 bridgehead atoms. The number of nitrogens with one attached hydrogen (secondary N) is 1. The van der Waals surface area contributed by atoms with Crippen LogP contribution in [-0.2, 0) is 11.2 Å². The Bertz CT molecular complexity index is 1340. The molecule has 172 valence electrons. The Kier molecular flexibility index (Phi) is 6.39. The van der Waals surface area contributed by atoms with E-state index in [1.165, 1.54) is 6.33 Å². The van der Waals surface area contributed by atoms with Crippen LogP contribution in [0.25, 0.3) is 33.6 Å². The van der Waals surface area contributed by atoms with Gasteiger partial charge in [0.15, 0.2) is 5.82 Å². The third-order valence-corrected chi connectivity index (χ3v) is 5.21. The molecule has 5 aromatic rings. The molecule has 10 heteroatoms. The highest BCUT2D eigenvalue weighted by atomic mass is 16.5. The second kappa shape index (κ2) is 10.1. The van der Waals surface area contributed by atoms with Crippen molar-refractivity contribution in [2.45, 2.75) is 6.42 Å². The van der Waals surface area contributed by atoms with Gasteiger partial charge in [-0.3, -0.25) is 0 Å². The van der Waals surface area contributed by atoms with Gasteiger partial charge in [-0.15, -0.1) is 5.10 Å². The Labute approximate surface area is 194 Å². The number of H-pyrrole nitrogens is 1. The van der Waals surface area contributed by atoms with Gasteiger partial charge >= 0.3 is 0 Å². The van der Waals surface area contributed by atoms with Crippen molar-refractivity contribution in [3.05, 3.63) is 66.7 Å². The van der Waals surface area contributed by atoms with Crippen LogP contribution in [0.3, 0.4) is 0 Å². The molecule has 10 nitrogen and oxygen atoms in total. The third-order valence-electron chi connectivity index (χ3n) is 5.21. The minimum atomic E-state index is 0.314. The van der Waals surface area contributed by atoms with Gasteiger partial charge in [0, 0.05) is 17.5 Å². The predicted molar refractivity (Wildman–Crippen MR) is 123 cm³/mol. The monoisotopic (exact) mass is 458 g/mol. The van der Waals surface area contributed by atoms with Crippen LogP contribution in [0.4, 0.5) is 0 Å². The minimum Gasteiger partial charge on any atom is -0.497 e. The first-order valence-electron chi connectivity index (χ1n) is 10.7. The average Bonchev–Trinajstić information content (AvgIpc) is 3.55. The Morgan fingerprint density at radius 2 is 1.76 bits per heavy atom. The van der Waals surface area contributed by atoms with Crippen LogP contribution in [0.5, 0.6) is 11.6 Å². The first kappa shape index (κ1) is 21.5. The number of methoxy groups -OCH3 is 1. The number of hydrogen-bond donors (Lipinski definition) is 1. The molecule has 0 amide bonds. The molecule has 2 aromatic carbocycles. The van der Waals surface area contributed by atoms with Gasteiger partial charge in [-0.2, -0.15) is 0 Å². The molecule has 0 unspecified atom stereocenters. The van der Waals surface area contributed by atoms with Crippen molar-refractivity contribution in [1.82, 2.24) is 30.6 Å². The molecule has 0 saturated carbocycles. The summed E-state index contributed by atoms with van der Waals surface area (Å²) >= 11 is 0. The largest absolute Gasteiger partial charge is 0.497 e. The fourth-order valence-corrected chi connectivity index (χ4v) is 3.60. The van der Waals surface area contributed by atoms with Gasteiger partial charge in [0.25, 0.3) is 0 Å². The highest BCUT2D eigenvalue weighted by Crippen LogP contribution is 2.43. The second-order valence-corrected chi connectivity index (χ2v) is 7.32. The van der Waals surface area contributed by atoms with E-state index in [2.05, 4.69) is 30.6 Å². The summed E-state index contributed by atoms with van der Waals surface area (Å²) in [6, 6.07) is 17.7. The van der Waals surface area contributed by atoms with Crippen molar-refractivity contribution in [3.8, 4) is 34.1 Å². The van der Waals surface area contributed by atoms with Gasteiger partial charge in [0.1, 0.15) is 29.8 Å². The number of aromatic amines is 1. The molecule has 5 rings (SSSR count). The molecule has 0 fully saturated rings. The van der Waals surface area contributed by atoms with Gasteiger partial charge in [0.05, 0.1) is 20.3 Å². The lowest BCUT2D eigenvalue weighted by molar-refractivity contribution is 0.100. The zero-order valence-electron chi connectivity index (χ0n) is 18.5. The Balaban J connectivity index is 1.42. The lowest BCUT2D eigenvalue weighted by Gasteiger charge is -2.09. The first-order chi connectivity index (χ1) is 16.8. The molecule has 34 heavy (non-hydrogen) atoms. The van der Waals surface area contributed by atoms with Gasteiger partial charge in [-0.25, -0.2) is 15.1 Å². The summed E-state index contributed by atoms with van der Waals surface area (Å²) < 4.78 is 23.2. The molecule has 0 spiro atoms. The van der Waals surface area contributed by atoms with E-state index in [4.69, 9.17) is 18.6 Å². The summed E-state index contributed by atoms with van der Waals surface area (Å²) in [7, 11) is 1.64. The lowest BCUT2D eigenvalue weighted by atomic mass is 9.99. The van der Waals surface area contributed by atoms with E-state index >= 15 is 0 Å². The van der Waals surface area contributed by atoms with Gasteiger partial charge in [-0.05, 0) is 28.1 Å². The van der Waals surface area contributed by atoms with E-state index in [9.17, 15) is 0 Å². The van der Waals surface area contributed by atoms with Crippen LogP contribution in [0, 0.1) is 0 Å². The highest BCUT2D eigenvalue weighted by molar-refractivity contribution is 6.03. The van der Waals surface area contributed by atoms with Crippen molar-refractivity contribution in [2.75, 3.05) is 26.9 Å². The third kappa shape index (κ3) is 4.57. The van der Waals surface area contributed by atoms with Crippen LogP contribution in [0.1, 0.15) is 5.82 Å². The molecule has 3 heterocycles. The summed E-state index contributed by atoms with van der Waals surface area (Å²) in [4.78, 5) is 8.75. The Morgan fingerprint density at radius 3 is 2.53 bits per heavy atom. The number of fused-ring (bicyclic) bond motifs is 1. The van der Waals surface area contributed by atoms with E-state index in [0.717, 1.165) is 22.4 Å². The molecule has 0 aliphatic heterocycles. The Morgan fingerprint density at radius 1 is 0.912 bits per heavy atom. The summed E-state index contributed by atoms with van der Waals surface area (Å²) in [6.45, 7) is 1.17. The van der Waals surface area contributed by atoms with Crippen molar-refractivity contribution < 1.29 is 18.6 Å². The summed E-state index contributed by atoms with van der Waals surface area (Å²) in [5, 5.41) is 14.3. The van der Waals surface area contributed by atoms with Gasteiger partial charge in [0.2, 0.25) is 11.6 Å². The standard InChI is InChI=1S/C24H22N6O4/c1-31-18-9-7-16(8-10-18)20-21-23(33-14-13-32-12-11-19-27-29-30-28-19)25-15-26-24(21)34-22(20)17-5-3-2-4-6-17/h2-10,15H,11-14H2,1H3,(H,27,28,29,30). The van der Waals surface area contributed by atoms with Crippen LogP contribution in [0.15, 0.2) is 65.3 Å². The van der Waals surface area contributed by atoms with Gasteiger partial charge in [-0.1, -0.05) is 42.5 Å². The number of rotatable bonds is 10. The minimum absolute atomic E-state index is 0.314. The number of tetrazole rings is 1.